The van der Waals surface area contributed by atoms with Crippen molar-refractivity contribution in [3.63, 3.8) is 0 Å². The fraction of sp³-hybridized carbons (Fsp3) is 0. The van der Waals surface area contributed by atoms with Gasteiger partial charge in [0, 0.05) is 37.2 Å². The number of fused-ring (bicyclic) bond motifs is 5. The minimum Gasteiger partial charge on any atom is -0.310 e. The van der Waals surface area contributed by atoms with Gasteiger partial charge in [0.1, 0.15) is 0 Å². The maximum Gasteiger partial charge on any atom is 0.0468 e. The van der Waals surface area contributed by atoms with E-state index in [0.717, 1.165) is 17.1 Å². The highest BCUT2D eigenvalue weighted by molar-refractivity contribution is 7.26. The summed E-state index contributed by atoms with van der Waals surface area (Å²) < 4.78 is 2.68. The van der Waals surface area contributed by atoms with Gasteiger partial charge in [0.15, 0.2) is 0 Å². The average Bonchev–Trinajstić information content (AvgIpc) is 3.64. The third kappa shape index (κ3) is 5.84. The lowest BCUT2D eigenvalue weighted by Gasteiger charge is -2.27. The van der Waals surface area contributed by atoms with Gasteiger partial charge in [0.25, 0.3) is 0 Å². The highest BCUT2D eigenvalue weighted by Crippen LogP contribution is 2.43. The maximum atomic E-state index is 2.37. The zero-order chi connectivity index (χ0) is 35.8. The van der Waals surface area contributed by atoms with Crippen molar-refractivity contribution in [2.75, 3.05) is 4.90 Å². The molecule has 0 aliphatic heterocycles. The fourth-order valence-electron chi connectivity index (χ4n) is 7.81. The number of benzene rings is 9. The third-order valence-electron chi connectivity index (χ3n) is 10.5. The molecule has 0 amide bonds. The van der Waals surface area contributed by atoms with Crippen molar-refractivity contribution < 1.29 is 0 Å². The molecule has 1 aromatic heterocycles. The quantitative estimate of drug-likeness (QED) is 0.160. The second-order valence-electron chi connectivity index (χ2n) is 13.7. The smallest absolute Gasteiger partial charge is 0.0468 e. The summed E-state index contributed by atoms with van der Waals surface area (Å²) in [5, 5.41) is 5.27. The topological polar surface area (TPSA) is 3.24 Å². The summed E-state index contributed by atoms with van der Waals surface area (Å²) in [6, 6.07) is 77.0. The van der Waals surface area contributed by atoms with Crippen LogP contribution in [0, 0.1) is 0 Å². The fourth-order valence-corrected chi connectivity index (χ4v) is 8.94. The molecule has 0 N–H and O–H groups in total. The molecule has 0 saturated heterocycles. The first-order valence-electron chi connectivity index (χ1n) is 18.4. The van der Waals surface area contributed by atoms with Crippen molar-refractivity contribution in [1.29, 1.82) is 0 Å². The lowest BCUT2D eigenvalue weighted by Crippen LogP contribution is -2.10. The predicted octanol–water partition coefficient (Wildman–Crippen LogP) is 15.3. The van der Waals surface area contributed by atoms with E-state index in [4.69, 9.17) is 0 Å². The van der Waals surface area contributed by atoms with E-state index in [2.05, 4.69) is 217 Å². The molecule has 0 atom stereocenters. The van der Waals surface area contributed by atoms with E-state index >= 15 is 0 Å². The van der Waals surface area contributed by atoms with Crippen molar-refractivity contribution in [3.8, 4) is 44.5 Å². The van der Waals surface area contributed by atoms with E-state index in [9.17, 15) is 0 Å². The van der Waals surface area contributed by atoms with Crippen LogP contribution in [0.5, 0.6) is 0 Å². The second-order valence-corrected chi connectivity index (χ2v) is 14.8. The molecule has 254 valence electrons. The molecular weight excluding hydrogens is 671 g/mol. The van der Waals surface area contributed by atoms with Crippen LogP contribution in [-0.4, -0.2) is 0 Å². The van der Waals surface area contributed by atoms with E-state index in [1.807, 2.05) is 11.3 Å². The molecule has 10 aromatic rings. The van der Waals surface area contributed by atoms with Crippen LogP contribution in [0.3, 0.4) is 0 Å². The van der Waals surface area contributed by atoms with Crippen LogP contribution in [0.25, 0.3) is 75.5 Å². The Morgan fingerprint density at radius 2 is 0.815 bits per heavy atom. The normalized spacial score (nSPS) is 11.3. The lowest BCUT2D eigenvalue weighted by molar-refractivity contribution is 1.28. The minimum absolute atomic E-state index is 1.10. The largest absolute Gasteiger partial charge is 0.310 e. The van der Waals surface area contributed by atoms with Crippen LogP contribution in [-0.2, 0) is 0 Å². The summed E-state index contributed by atoms with van der Waals surface area (Å²) in [7, 11) is 0. The standard InChI is InChI=1S/C52H35NS/c1-4-12-36(13-5-1)37-20-26-43(27-21-37)53(45-30-32-46(39-14-6-2-7-15-39)49(35-45)40-16-8-3-9-17-40)44-28-22-38(23-29-44)41-24-31-47-42(34-41)25-33-51-52(47)48-18-10-11-19-50(48)54-51/h1-35H. The van der Waals surface area contributed by atoms with E-state index in [-0.39, 0.29) is 0 Å². The van der Waals surface area contributed by atoms with Gasteiger partial charge in [-0.2, -0.15) is 0 Å². The number of rotatable bonds is 7. The van der Waals surface area contributed by atoms with Crippen LogP contribution in [0.15, 0.2) is 212 Å². The summed E-state index contributed by atoms with van der Waals surface area (Å²) in [5.74, 6) is 0. The zero-order valence-electron chi connectivity index (χ0n) is 29.6. The van der Waals surface area contributed by atoms with Gasteiger partial charge in [-0.15, -0.1) is 11.3 Å². The molecule has 0 radical (unpaired) electrons. The summed E-state index contributed by atoms with van der Waals surface area (Å²) in [6.45, 7) is 0. The molecule has 0 saturated carbocycles. The average molecular weight is 706 g/mol. The lowest BCUT2D eigenvalue weighted by atomic mass is 9.93. The maximum absolute atomic E-state index is 2.37. The van der Waals surface area contributed by atoms with E-state index in [1.54, 1.807) is 0 Å². The zero-order valence-corrected chi connectivity index (χ0v) is 30.4. The highest BCUT2D eigenvalue weighted by Gasteiger charge is 2.17. The number of hydrogen-bond donors (Lipinski definition) is 0. The molecule has 54 heavy (non-hydrogen) atoms. The molecule has 0 bridgehead atoms. The number of nitrogens with zero attached hydrogens (tertiary/aromatic N) is 1. The first-order chi connectivity index (χ1) is 26.8. The Balaban J connectivity index is 1.08. The molecule has 1 heterocycles. The van der Waals surface area contributed by atoms with Crippen molar-refractivity contribution in [3.05, 3.63) is 212 Å². The van der Waals surface area contributed by atoms with Crippen molar-refractivity contribution >= 4 is 59.3 Å². The molecule has 0 aliphatic carbocycles. The van der Waals surface area contributed by atoms with Crippen molar-refractivity contribution in [2.24, 2.45) is 0 Å². The van der Waals surface area contributed by atoms with Crippen LogP contribution in [0.4, 0.5) is 17.1 Å². The molecular formula is C52H35NS. The van der Waals surface area contributed by atoms with E-state index in [0.29, 0.717) is 0 Å². The van der Waals surface area contributed by atoms with Gasteiger partial charge in [-0.05, 0) is 110 Å². The number of thiophene rings is 1. The Hall–Kier alpha value is -6.74. The molecule has 0 fully saturated rings. The Kier molecular flexibility index (Phi) is 8.09. The van der Waals surface area contributed by atoms with Crippen LogP contribution in [0.2, 0.25) is 0 Å². The minimum atomic E-state index is 1.10. The van der Waals surface area contributed by atoms with Crippen molar-refractivity contribution in [2.45, 2.75) is 0 Å². The van der Waals surface area contributed by atoms with E-state index < -0.39 is 0 Å². The molecule has 10 rings (SSSR count). The first kappa shape index (κ1) is 32.0. The molecule has 0 unspecified atom stereocenters. The van der Waals surface area contributed by atoms with Crippen LogP contribution >= 0.6 is 11.3 Å². The summed E-state index contributed by atoms with van der Waals surface area (Å²) >= 11 is 1.87. The van der Waals surface area contributed by atoms with Gasteiger partial charge in [-0.3, -0.25) is 0 Å². The van der Waals surface area contributed by atoms with Gasteiger partial charge >= 0.3 is 0 Å². The van der Waals surface area contributed by atoms with Crippen LogP contribution in [0.1, 0.15) is 0 Å². The summed E-state index contributed by atoms with van der Waals surface area (Å²) in [4.78, 5) is 2.37. The molecule has 0 aliphatic rings. The summed E-state index contributed by atoms with van der Waals surface area (Å²) in [5.41, 5.74) is 12.9. The van der Waals surface area contributed by atoms with Gasteiger partial charge < -0.3 is 4.90 Å². The Labute approximate surface area is 319 Å². The Morgan fingerprint density at radius 1 is 0.296 bits per heavy atom. The molecule has 0 spiro atoms. The third-order valence-corrected chi connectivity index (χ3v) is 11.6. The molecule has 2 heteroatoms. The SMILES string of the molecule is c1ccc(-c2ccc(N(c3ccc(-c4ccc5c(ccc6sc7ccccc7c65)c4)cc3)c3ccc(-c4ccccc4)c(-c4ccccc4)c3)cc2)cc1. The Morgan fingerprint density at radius 3 is 1.48 bits per heavy atom. The number of anilines is 3. The van der Waals surface area contributed by atoms with Crippen molar-refractivity contribution in [1.82, 2.24) is 0 Å². The van der Waals surface area contributed by atoms with Gasteiger partial charge in [-0.1, -0.05) is 158 Å². The van der Waals surface area contributed by atoms with E-state index in [1.165, 1.54) is 75.5 Å². The molecule has 1 nitrogen and oxygen atoms in total. The second kappa shape index (κ2) is 13.7. The van der Waals surface area contributed by atoms with Gasteiger partial charge in [0.05, 0.1) is 0 Å². The van der Waals surface area contributed by atoms with Gasteiger partial charge in [0.2, 0.25) is 0 Å². The van der Waals surface area contributed by atoms with Crippen LogP contribution < -0.4 is 4.90 Å². The Bertz CT molecular complexity index is 2890. The predicted molar refractivity (Wildman–Crippen MR) is 233 cm³/mol. The molecule has 9 aromatic carbocycles. The van der Waals surface area contributed by atoms with Gasteiger partial charge in [-0.25, -0.2) is 0 Å². The highest BCUT2D eigenvalue weighted by atomic mass is 32.1. The summed E-state index contributed by atoms with van der Waals surface area (Å²) in [6.07, 6.45) is 0. The number of hydrogen-bond acceptors (Lipinski definition) is 2. The first-order valence-corrected chi connectivity index (χ1v) is 19.2. The monoisotopic (exact) mass is 705 g/mol.